The Labute approximate surface area is 128 Å². The molecule has 1 N–H and O–H groups in total. The lowest BCUT2D eigenvalue weighted by Crippen LogP contribution is -2.24. The number of fused-ring (bicyclic) bond motifs is 1. The van der Waals surface area contributed by atoms with Gasteiger partial charge in [0.15, 0.2) is 11.4 Å². The molecule has 0 aliphatic rings. The zero-order valence-electron chi connectivity index (χ0n) is 11.5. The predicted molar refractivity (Wildman–Crippen MR) is 77.2 cm³/mol. The largest absolute Gasteiger partial charge is 0.422 e. The van der Waals surface area contributed by atoms with Crippen LogP contribution in [0, 0.1) is 12.7 Å². The summed E-state index contributed by atoms with van der Waals surface area (Å²) in [4.78, 5) is 20.2. The van der Waals surface area contributed by atoms with E-state index >= 15 is 0 Å². The third-order valence-corrected chi connectivity index (χ3v) is 3.51. The molecule has 0 aliphatic carbocycles. The average molecular weight is 324 g/mol. The van der Waals surface area contributed by atoms with E-state index in [9.17, 15) is 14.3 Å². The summed E-state index contributed by atoms with van der Waals surface area (Å²) in [6, 6.07) is 3.67. The first-order valence-electron chi connectivity index (χ1n) is 6.41. The number of rotatable bonds is 3. The number of aliphatic hydroxyl groups excluding tert-OH is 1. The number of halogens is 2. The van der Waals surface area contributed by atoms with Gasteiger partial charge in [0.2, 0.25) is 0 Å². The maximum Gasteiger partial charge on any atom is 0.283 e. The minimum Gasteiger partial charge on any atom is -0.422 e. The Kier molecular flexibility index (Phi) is 3.67. The predicted octanol–water partition coefficient (Wildman–Crippen LogP) is 2.22. The highest BCUT2D eigenvalue weighted by Crippen LogP contribution is 2.24. The zero-order valence-corrected chi connectivity index (χ0v) is 12.2. The molecule has 114 valence electrons. The van der Waals surface area contributed by atoms with Gasteiger partial charge in [0, 0.05) is 17.5 Å². The Morgan fingerprint density at radius 3 is 3.00 bits per heavy atom. The Bertz CT molecular complexity index is 906. The van der Waals surface area contributed by atoms with Crippen LogP contribution in [0.2, 0.25) is 5.02 Å². The maximum absolute atomic E-state index is 13.0. The van der Waals surface area contributed by atoms with E-state index in [1.165, 1.54) is 23.0 Å². The smallest absolute Gasteiger partial charge is 0.283 e. The van der Waals surface area contributed by atoms with E-state index in [2.05, 4.69) is 9.97 Å². The van der Waals surface area contributed by atoms with Crippen LogP contribution in [-0.4, -0.2) is 19.6 Å². The van der Waals surface area contributed by atoms with Gasteiger partial charge in [-0.05, 0) is 12.1 Å². The highest BCUT2D eigenvalue weighted by Gasteiger charge is 2.16. The van der Waals surface area contributed by atoms with Gasteiger partial charge in [0.25, 0.3) is 11.3 Å². The molecule has 0 spiro atoms. The molecule has 0 aliphatic heterocycles. The molecule has 1 unspecified atom stereocenters. The summed E-state index contributed by atoms with van der Waals surface area (Å²) in [5.74, 6) is -0.168. The van der Waals surface area contributed by atoms with Crippen LogP contribution in [0.4, 0.5) is 4.39 Å². The topological polar surface area (TPSA) is 81.2 Å². The van der Waals surface area contributed by atoms with Crippen LogP contribution in [0.15, 0.2) is 33.7 Å². The highest BCUT2D eigenvalue weighted by molar-refractivity contribution is 6.31. The zero-order chi connectivity index (χ0) is 15.9. The van der Waals surface area contributed by atoms with Crippen LogP contribution in [0.5, 0.6) is 0 Å². The van der Waals surface area contributed by atoms with Crippen LogP contribution >= 0.6 is 11.6 Å². The number of oxazole rings is 1. The third-order valence-electron chi connectivity index (χ3n) is 3.19. The number of benzene rings is 1. The Morgan fingerprint density at radius 2 is 2.27 bits per heavy atom. The highest BCUT2D eigenvalue weighted by atomic mass is 35.5. The summed E-state index contributed by atoms with van der Waals surface area (Å²) in [6.07, 6.45) is 0.175. The van der Waals surface area contributed by atoms with E-state index in [0.29, 0.717) is 11.5 Å². The van der Waals surface area contributed by atoms with Crippen molar-refractivity contribution in [3.63, 3.8) is 0 Å². The minimum atomic E-state index is -1.09. The van der Waals surface area contributed by atoms with Crippen molar-refractivity contribution in [1.29, 1.82) is 0 Å². The van der Waals surface area contributed by atoms with E-state index in [1.54, 1.807) is 6.92 Å². The van der Waals surface area contributed by atoms with Gasteiger partial charge in [-0.1, -0.05) is 17.7 Å². The molecule has 2 heterocycles. The molecule has 0 saturated carbocycles. The molecule has 0 amide bonds. The molecule has 3 aromatic rings. The third kappa shape index (κ3) is 2.60. The molecule has 8 heteroatoms. The number of aromatic nitrogens is 3. The molecule has 0 fully saturated rings. The second kappa shape index (κ2) is 5.51. The van der Waals surface area contributed by atoms with Crippen molar-refractivity contribution < 1.29 is 13.9 Å². The molecular formula is C14H11ClFN3O3. The normalized spacial score (nSPS) is 12.7. The van der Waals surface area contributed by atoms with Crippen LogP contribution in [0.1, 0.15) is 17.6 Å². The van der Waals surface area contributed by atoms with Gasteiger partial charge in [-0.2, -0.15) is 0 Å². The van der Waals surface area contributed by atoms with E-state index in [4.69, 9.17) is 16.0 Å². The molecule has 3 rings (SSSR count). The number of aliphatic hydroxyl groups is 1. The number of nitrogens with zero attached hydrogens (tertiary/aromatic N) is 3. The summed E-state index contributed by atoms with van der Waals surface area (Å²) in [5.41, 5.74) is 0.135. The van der Waals surface area contributed by atoms with Crippen LogP contribution in [0.25, 0.3) is 11.2 Å². The maximum atomic E-state index is 13.0. The molecule has 1 aromatic carbocycles. The molecule has 22 heavy (non-hydrogen) atoms. The van der Waals surface area contributed by atoms with E-state index < -0.39 is 17.5 Å². The van der Waals surface area contributed by atoms with Crippen molar-refractivity contribution in [2.75, 3.05) is 0 Å². The quantitative estimate of drug-likeness (QED) is 0.799. The molecule has 0 radical (unpaired) electrons. The van der Waals surface area contributed by atoms with Crippen LogP contribution < -0.4 is 5.56 Å². The Morgan fingerprint density at radius 1 is 1.50 bits per heavy atom. The fourth-order valence-corrected chi connectivity index (χ4v) is 2.43. The second-order valence-corrected chi connectivity index (χ2v) is 5.18. The van der Waals surface area contributed by atoms with Crippen molar-refractivity contribution in [2.24, 2.45) is 0 Å². The number of hydrogen-bond acceptors (Lipinski definition) is 5. The van der Waals surface area contributed by atoms with Crippen molar-refractivity contribution in [3.05, 3.63) is 57.2 Å². The van der Waals surface area contributed by atoms with E-state index in [1.807, 2.05) is 0 Å². The Hall–Kier alpha value is -2.25. The first-order valence-corrected chi connectivity index (χ1v) is 6.79. The second-order valence-electron chi connectivity index (χ2n) is 4.77. The summed E-state index contributed by atoms with van der Waals surface area (Å²) in [7, 11) is 0. The fourth-order valence-electron chi connectivity index (χ4n) is 2.14. The van der Waals surface area contributed by atoms with Crippen LogP contribution in [-0.2, 0) is 6.54 Å². The van der Waals surface area contributed by atoms with Gasteiger partial charge in [-0.15, -0.1) is 0 Å². The lowest BCUT2D eigenvalue weighted by atomic mass is 10.1. The van der Waals surface area contributed by atoms with Gasteiger partial charge < -0.3 is 9.52 Å². The van der Waals surface area contributed by atoms with Crippen molar-refractivity contribution in [2.45, 2.75) is 19.6 Å². The summed E-state index contributed by atoms with van der Waals surface area (Å²) in [6.45, 7) is 1.53. The van der Waals surface area contributed by atoms with E-state index in [0.717, 1.165) is 6.07 Å². The molecule has 6 nitrogen and oxygen atoms in total. The fraction of sp³-hybridized carbons (Fsp3) is 0.214. The van der Waals surface area contributed by atoms with E-state index in [-0.39, 0.29) is 22.8 Å². The molecule has 1 atom stereocenters. The lowest BCUT2D eigenvalue weighted by Gasteiger charge is -2.13. The summed E-state index contributed by atoms with van der Waals surface area (Å²) < 4.78 is 19.4. The van der Waals surface area contributed by atoms with Crippen LogP contribution in [0.3, 0.4) is 0 Å². The van der Waals surface area contributed by atoms with Crippen molar-refractivity contribution in [3.8, 4) is 0 Å². The first kappa shape index (κ1) is 14.7. The lowest BCUT2D eigenvalue weighted by molar-refractivity contribution is 0.155. The number of hydrogen-bond donors (Lipinski definition) is 1. The van der Waals surface area contributed by atoms with Gasteiger partial charge in [0.1, 0.15) is 12.1 Å². The van der Waals surface area contributed by atoms with Gasteiger partial charge >= 0.3 is 0 Å². The van der Waals surface area contributed by atoms with Gasteiger partial charge in [-0.25, -0.2) is 14.4 Å². The Balaban J connectivity index is 1.95. The molecule has 2 aromatic heterocycles. The summed E-state index contributed by atoms with van der Waals surface area (Å²) in [5, 5.41) is 10.3. The van der Waals surface area contributed by atoms with Crippen molar-refractivity contribution in [1.82, 2.24) is 14.5 Å². The van der Waals surface area contributed by atoms with Gasteiger partial charge in [-0.3, -0.25) is 9.36 Å². The number of aryl methyl sites for hydroxylation is 1. The SMILES string of the molecule is Cc1nc2c(=O)n(CC(O)c3ccc(F)cc3Cl)cnc2o1. The average Bonchev–Trinajstić information content (AvgIpc) is 2.83. The molecular weight excluding hydrogens is 313 g/mol. The monoisotopic (exact) mass is 323 g/mol. The molecule has 0 saturated heterocycles. The first-order chi connectivity index (χ1) is 10.5. The minimum absolute atomic E-state index is 0.0843. The van der Waals surface area contributed by atoms with Crippen molar-refractivity contribution >= 4 is 22.8 Å². The standard InChI is InChI=1S/C14H11ClFN3O3/c1-7-18-12-13(22-7)17-6-19(14(12)21)5-11(20)9-3-2-8(16)4-10(9)15/h2-4,6,11,20H,5H2,1H3. The summed E-state index contributed by atoms with van der Waals surface area (Å²) >= 11 is 5.90. The molecule has 0 bridgehead atoms. The van der Waals surface area contributed by atoms with Gasteiger partial charge in [0.05, 0.1) is 12.6 Å².